The second-order valence-electron chi connectivity index (χ2n) is 2.51. The maximum absolute atomic E-state index is 10.3. The average molecular weight is 246 g/mol. The van der Waals surface area contributed by atoms with Gasteiger partial charge in [-0.25, -0.2) is 14.4 Å². The minimum atomic E-state index is -1.26. The maximum atomic E-state index is 10.3. The van der Waals surface area contributed by atoms with E-state index < -0.39 is 24.2 Å². The Kier molecular flexibility index (Phi) is 10.5. The summed E-state index contributed by atoms with van der Waals surface area (Å²) in [6.07, 6.45) is 1.54. The number of hydrogen-bond acceptors (Lipinski definition) is 5. The Morgan fingerprint density at radius 1 is 1.24 bits per heavy atom. The molecule has 0 aliphatic rings. The molecule has 7 nitrogen and oxygen atoms in total. The Labute approximate surface area is 97.6 Å². The van der Waals surface area contributed by atoms with Crippen molar-refractivity contribution < 1.29 is 34.4 Å². The van der Waals surface area contributed by atoms with Crippen LogP contribution >= 0.6 is 0 Å². The molecule has 7 heteroatoms. The zero-order valence-corrected chi connectivity index (χ0v) is 9.20. The monoisotopic (exact) mass is 246 g/mol. The molecule has 0 saturated carbocycles. The van der Waals surface area contributed by atoms with E-state index in [1.807, 2.05) is 0 Å². The molecule has 0 fully saturated rings. The Hall–Kier alpha value is -2.15. The van der Waals surface area contributed by atoms with Crippen molar-refractivity contribution in [1.82, 2.24) is 0 Å². The van der Waals surface area contributed by atoms with Gasteiger partial charge in [-0.1, -0.05) is 13.5 Å². The number of aliphatic hydroxyl groups excluding tert-OH is 1. The fraction of sp³-hybridized carbons (Fsp3) is 0.300. The van der Waals surface area contributed by atoms with Gasteiger partial charge in [0.2, 0.25) is 6.29 Å². The van der Waals surface area contributed by atoms with E-state index in [0.717, 1.165) is 6.08 Å². The van der Waals surface area contributed by atoms with Crippen molar-refractivity contribution in [2.45, 2.75) is 19.6 Å². The number of carboxylic acid groups (broad SMARTS) is 2. The number of esters is 1. The minimum absolute atomic E-state index is 0.402. The highest BCUT2D eigenvalue weighted by molar-refractivity contribution is 5.89. The van der Waals surface area contributed by atoms with Crippen LogP contribution in [0.4, 0.5) is 0 Å². The van der Waals surface area contributed by atoms with E-state index in [4.69, 9.17) is 15.3 Å². The third-order valence-corrected chi connectivity index (χ3v) is 1.14. The smallest absolute Gasteiger partial charge is 0.332 e. The minimum Gasteiger partial charge on any atom is -0.478 e. The number of aliphatic hydroxyl groups is 1. The molecule has 0 bridgehead atoms. The van der Waals surface area contributed by atoms with Gasteiger partial charge in [0.25, 0.3) is 0 Å². The standard InChI is InChI=1S/C6H10O3.C4H4O4/c1-3-5(7)9-6(8)4-2;5-3(6)1-2-4(7)8/h3,6,8H,1,4H2,2H3;1-2H,(H,5,6)(H,7,8). The van der Waals surface area contributed by atoms with Crippen LogP contribution in [0.25, 0.3) is 0 Å². The fourth-order valence-corrected chi connectivity index (χ4v) is 0.408. The Balaban J connectivity index is 0. The van der Waals surface area contributed by atoms with Gasteiger partial charge in [-0.15, -0.1) is 0 Å². The van der Waals surface area contributed by atoms with Gasteiger partial charge in [-0.05, 0) is 0 Å². The molecular formula is C10H14O7. The van der Waals surface area contributed by atoms with E-state index in [0.29, 0.717) is 18.6 Å². The van der Waals surface area contributed by atoms with Crippen molar-refractivity contribution in [3.05, 3.63) is 24.8 Å². The van der Waals surface area contributed by atoms with Crippen LogP contribution in [-0.2, 0) is 19.1 Å². The highest BCUT2D eigenvalue weighted by Crippen LogP contribution is 1.92. The Morgan fingerprint density at radius 2 is 1.65 bits per heavy atom. The van der Waals surface area contributed by atoms with E-state index in [2.05, 4.69) is 11.3 Å². The first-order valence-corrected chi connectivity index (χ1v) is 4.48. The number of carboxylic acids is 2. The Bertz CT molecular complexity index is 290. The number of hydrogen-bond donors (Lipinski definition) is 3. The highest BCUT2D eigenvalue weighted by Gasteiger charge is 2.02. The number of rotatable bonds is 5. The van der Waals surface area contributed by atoms with Gasteiger partial charge >= 0.3 is 17.9 Å². The SMILES string of the molecule is C=CC(=O)OC(O)CC.O=C(O)C=CC(=O)O. The first kappa shape index (κ1) is 17.3. The topological polar surface area (TPSA) is 121 Å². The lowest BCUT2D eigenvalue weighted by molar-refractivity contribution is -0.161. The molecule has 0 amide bonds. The summed E-state index contributed by atoms with van der Waals surface area (Å²) in [4.78, 5) is 29.4. The van der Waals surface area contributed by atoms with Crippen LogP contribution in [-0.4, -0.2) is 39.5 Å². The lowest BCUT2D eigenvalue weighted by Crippen LogP contribution is -2.14. The summed E-state index contributed by atoms with van der Waals surface area (Å²) in [6, 6.07) is 0. The van der Waals surface area contributed by atoms with Crippen LogP contribution in [0, 0.1) is 0 Å². The number of aliphatic carboxylic acids is 2. The van der Waals surface area contributed by atoms with Gasteiger partial charge in [0.15, 0.2) is 0 Å². The summed E-state index contributed by atoms with van der Waals surface area (Å²) in [6.45, 7) is 4.87. The van der Waals surface area contributed by atoms with Crippen LogP contribution in [0.3, 0.4) is 0 Å². The van der Waals surface area contributed by atoms with Crippen LogP contribution < -0.4 is 0 Å². The van der Waals surface area contributed by atoms with Crippen LogP contribution in [0.5, 0.6) is 0 Å². The van der Waals surface area contributed by atoms with Gasteiger partial charge in [0.05, 0.1) is 0 Å². The zero-order chi connectivity index (χ0) is 13.8. The van der Waals surface area contributed by atoms with Crippen LogP contribution in [0.15, 0.2) is 24.8 Å². The molecule has 0 aliphatic heterocycles. The lowest BCUT2D eigenvalue weighted by atomic mass is 10.5. The molecule has 96 valence electrons. The molecular weight excluding hydrogens is 232 g/mol. The van der Waals surface area contributed by atoms with Crippen molar-refractivity contribution in [3.8, 4) is 0 Å². The first-order valence-electron chi connectivity index (χ1n) is 4.48. The first-order chi connectivity index (χ1) is 7.83. The molecule has 0 saturated heterocycles. The van der Waals surface area contributed by atoms with Crippen molar-refractivity contribution in [3.63, 3.8) is 0 Å². The van der Waals surface area contributed by atoms with Gasteiger partial charge in [-0.3, -0.25) is 0 Å². The second-order valence-corrected chi connectivity index (χ2v) is 2.51. The number of carbonyl (C=O) groups excluding carboxylic acids is 1. The molecule has 0 aromatic rings. The predicted octanol–water partition coefficient (Wildman–Crippen LogP) is 0.156. The number of ether oxygens (including phenoxy) is 1. The summed E-state index contributed by atoms with van der Waals surface area (Å²) in [5.41, 5.74) is 0. The molecule has 1 unspecified atom stereocenters. The molecule has 17 heavy (non-hydrogen) atoms. The third-order valence-electron chi connectivity index (χ3n) is 1.14. The molecule has 0 aromatic carbocycles. The third kappa shape index (κ3) is 16.5. The van der Waals surface area contributed by atoms with Crippen LogP contribution in [0.2, 0.25) is 0 Å². The van der Waals surface area contributed by atoms with E-state index in [-0.39, 0.29) is 0 Å². The quantitative estimate of drug-likeness (QED) is 0.358. The molecule has 0 rings (SSSR count). The normalized spacial score (nSPS) is 10.9. The van der Waals surface area contributed by atoms with Gasteiger partial charge in [-0.2, -0.15) is 0 Å². The van der Waals surface area contributed by atoms with Crippen molar-refractivity contribution in [2.24, 2.45) is 0 Å². The van der Waals surface area contributed by atoms with E-state index in [1.54, 1.807) is 6.92 Å². The Morgan fingerprint density at radius 3 is 1.88 bits per heavy atom. The predicted molar refractivity (Wildman–Crippen MR) is 57.0 cm³/mol. The van der Waals surface area contributed by atoms with Crippen molar-refractivity contribution in [2.75, 3.05) is 0 Å². The van der Waals surface area contributed by atoms with E-state index in [9.17, 15) is 14.4 Å². The average Bonchev–Trinajstić information content (AvgIpc) is 2.26. The molecule has 3 N–H and O–H groups in total. The van der Waals surface area contributed by atoms with Gasteiger partial charge in [0.1, 0.15) is 0 Å². The van der Waals surface area contributed by atoms with E-state index >= 15 is 0 Å². The highest BCUT2D eigenvalue weighted by atomic mass is 16.6. The van der Waals surface area contributed by atoms with E-state index in [1.165, 1.54) is 0 Å². The molecule has 0 radical (unpaired) electrons. The van der Waals surface area contributed by atoms with Gasteiger partial charge in [0, 0.05) is 24.6 Å². The summed E-state index contributed by atoms with van der Waals surface area (Å²) in [7, 11) is 0. The summed E-state index contributed by atoms with van der Waals surface area (Å²) < 4.78 is 4.35. The van der Waals surface area contributed by atoms with Crippen molar-refractivity contribution in [1.29, 1.82) is 0 Å². The fourth-order valence-electron chi connectivity index (χ4n) is 0.408. The van der Waals surface area contributed by atoms with Crippen LogP contribution in [0.1, 0.15) is 13.3 Å². The number of carbonyl (C=O) groups is 3. The summed E-state index contributed by atoms with van der Waals surface area (Å²) in [5.74, 6) is -3.11. The molecule has 0 spiro atoms. The lowest BCUT2D eigenvalue weighted by Gasteiger charge is -2.05. The molecule has 0 aliphatic carbocycles. The van der Waals surface area contributed by atoms with Gasteiger partial charge < -0.3 is 20.1 Å². The molecule has 1 atom stereocenters. The van der Waals surface area contributed by atoms with Crippen molar-refractivity contribution >= 4 is 17.9 Å². The second kappa shape index (κ2) is 10.4. The summed E-state index contributed by atoms with van der Waals surface area (Å²) in [5, 5.41) is 24.3. The zero-order valence-electron chi connectivity index (χ0n) is 9.20. The maximum Gasteiger partial charge on any atom is 0.332 e. The summed E-state index contributed by atoms with van der Waals surface area (Å²) >= 11 is 0. The largest absolute Gasteiger partial charge is 0.478 e. The molecule has 0 aromatic heterocycles. The molecule has 0 heterocycles.